The summed E-state index contributed by atoms with van der Waals surface area (Å²) in [7, 11) is 3.59. The summed E-state index contributed by atoms with van der Waals surface area (Å²) in [5.74, 6) is 0. The van der Waals surface area contributed by atoms with Gasteiger partial charge in [0.25, 0.3) is 0 Å². The average molecular weight is 284 g/mol. The third-order valence-electron chi connectivity index (χ3n) is 2.83. The Hall–Kier alpha value is -0.470. The molecule has 0 aliphatic carbocycles. The minimum Gasteiger partial charge on any atom is -0.391 e. The van der Waals surface area contributed by atoms with Gasteiger partial charge >= 0.3 is 6.18 Å². The number of thioether (sulfide) groups is 1. The Balaban J connectivity index is 2.01. The molecule has 18 heavy (non-hydrogen) atoms. The highest BCUT2D eigenvalue weighted by Gasteiger charge is 2.46. The van der Waals surface area contributed by atoms with E-state index in [1.54, 1.807) is 19.0 Å². The number of halogens is 3. The molecule has 2 heterocycles. The molecule has 0 spiro atoms. The van der Waals surface area contributed by atoms with Gasteiger partial charge in [-0.1, -0.05) is 11.8 Å². The maximum Gasteiger partial charge on any atom is 0.391 e. The quantitative estimate of drug-likeness (QED) is 0.791. The van der Waals surface area contributed by atoms with Gasteiger partial charge in [0.05, 0.1) is 18.6 Å². The van der Waals surface area contributed by atoms with E-state index in [2.05, 4.69) is 4.99 Å². The molecule has 2 rings (SSSR count). The fourth-order valence-corrected chi connectivity index (χ4v) is 3.23. The van der Waals surface area contributed by atoms with Crippen molar-refractivity contribution in [2.75, 3.05) is 14.1 Å². The van der Waals surface area contributed by atoms with Crippen LogP contribution in [0.1, 0.15) is 12.8 Å². The van der Waals surface area contributed by atoms with Crippen molar-refractivity contribution in [3.05, 3.63) is 0 Å². The van der Waals surface area contributed by atoms with E-state index in [-0.39, 0.29) is 6.42 Å². The molecule has 0 saturated carbocycles. The first kappa shape index (κ1) is 14.0. The van der Waals surface area contributed by atoms with E-state index in [0.29, 0.717) is 5.17 Å². The van der Waals surface area contributed by atoms with Gasteiger partial charge in [0.1, 0.15) is 11.5 Å². The third-order valence-corrected chi connectivity index (χ3v) is 4.13. The first-order valence-electron chi connectivity index (χ1n) is 5.58. The van der Waals surface area contributed by atoms with Crippen LogP contribution < -0.4 is 0 Å². The molecule has 4 atom stereocenters. The number of alkyl halides is 3. The number of amidine groups is 1. The summed E-state index contributed by atoms with van der Waals surface area (Å²) >= 11 is 1.26. The predicted octanol–water partition coefficient (Wildman–Crippen LogP) is 1.45. The number of ether oxygens (including phenoxy) is 1. The standard InChI is InChI=1S/C10H15F3N2O2S/c1-15(2)9-14-7-6(16)3-5(4-10(11,12)13)17-8(7)18-9/h5-8,16H,3-4H2,1-2H3/t5-,6-,7+,8+/m0/s1. The lowest BCUT2D eigenvalue weighted by atomic mass is 10.00. The number of aliphatic hydroxyl groups excluding tert-OH is 1. The van der Waals surface area contributed by atoms with E-state index in [9.17, 15) is 18.3 Å². The van der Waals surface area contributed by atoms with Crippen LogP contribution in [0, 0.1) is 0 Å². The van der Waals surface area contributed by atoms with Gasteiger partial charge in [0, 0.05) is 20.5 Å². The van der Waals surface area contributed by atoms with Crippen LogP contribution in [0.15, 0.2) is 4.99 Å². The molecule has 8 heteroatoms. The van der Waals surface area contributed by atoms with E-state index in [1.807, 2.05) is 0 Å². The summed E-state index contributed by atoms with van der Waals surface area (Å²) in [6, 6.07) is -0.461. The van der Waals surface area contributed by atoms with Crippen molar-refractivity contribution in [3.8, 4) is 0 Å². The smallest absolute Gasteiger partial charge is 0.391 e. The topological polar surface area (TPSA) is 45.1 Å². The van der Waals surface area contributed by atoms with Gasteiger partial charge in [0.2, 0.25) is 0 Å². The van der Waals surface area contributed by atoms with E-state index >= 15 is 0 Å². The van der Waals surface area contributed by atoms with Crippen molar-refractivity contribution < 1.29 is 23.0 Å². The molecule has 0 aromatic heterocycles. The minimum absolute atomic E-state index is 0.0224. The Kier molecular flexibility index (Phi) is 3.80. The highest BCUT2D eigenvalue weighted by molar-refractivity contribution is 8.14. The van der Waals surface area contributed by atoms with Crippen LogP contribution >= 0.6 is 11.8 Å². The maximum atomic E-state index is 12.3. The SMILES string of the molecule is CN(C)C1=N[C@H]2[C@H](O[C@H](CC(F)(F)F)C[C@@H]2O)S1. The molecule has 2 aliphatic rings. The zero-order valence-electron chi connectivity index (χ0n) is 10.0. The summed E-state index contributed by atoms with van der Waals surface area (Å²) in [6.07, 6.45) is -7.17. The first-order chi connectivity index (χ1) is 8.26. The van der Waals surface area contributed by atoms with Crippen molar-refractivity contribution in [1.29, 1.82) is 0 Å². The normalized spacial score (nSPS) is 36.2. The number of fused-ring (bicyclic) bond motifs is 1. The summed E-state index contributed by atoms with van der Waals surface area (Å²) in [4.78, 5) is 6.03. The van der Waals surface area contributed by atoms with Crippen molar-refractivity contribution in [2.45, 2.75) is 42.7 Å². The summed E-state index contributed by atoms with van der Waals surface area (Å²) in [5.41, 5.74) is -0.515. The van der Waals surface area contributed by atoms with E-state index in [0.717, 1.165) is 0 Å². The fraction of sp³-hybridized carbons (Fsp3) is 0.900. The molecule has 0 aromatic carbocycles. The van der Waals surface area contributed by atoms with Crippen LogP contribution in [0.4, 0.5) is 13.2 Å². The highest BCUT2D eigenvalue weighted by Crippen LogP contribution is 2.39. The minimum atomic E-state index is -4.27. The lowest BCUT2D eigenvalue weighted by Crippen LogP contribution is -2.45. The van der Waals surface area contributed by atoms with Gasteiger partial charge in [-0.2, -0.15) is 13.2 Å². The molecule has 0 unspecified atom stereocenters. The molecule has 0 bridgehead atoms. The van der Waals surface area contributed by atoms with Crippen LogP contribution in [0.5, 0.6) is 0 Å². The van der Waals surface area contributed by atoms with E-state index in [4.69, 9.17) is 4.74 Å². The molecule has 4 nitrogen and oxygen atoms in total. The Morgan fingerprint density at radius 2 is 2.17 bits per heavy atom. The second-order valence-electron chi connectivity index (χ2n) is 4.66. The van der Waals surface area contributed by atoms with Gasteiger partial charge in [-0.25, -0.2) is 0 Å². The van der Waals surface area contributed by atoms with Crippen LogP contribution in [0.25, 0.3) is 0 Å². The summed E-state index contributed by atoms with van der Waals surface area (Å²) in [5, 5.41) is 10.5. The second kappa shape index (κ2) is 4.90. The van der Waals surface area contributed by atoms with Crippen LogP contribution in [0.3, 0.4) is 0 Å². The lowest BCUT2D eigenvalue weighted by Gasteiger charge is -2.34. The van der Waals surface area contributed by atoms with Gasteiger partial charge in [-0.3, -0.25) is 4.99 Å². The molecule has 1 N–H and O–H groups in total. The second-order valence-corrected chi connectivity index (χ2v) is 5.73. The number of aliphatic imine (C=N–C) groups is 1. The van der Waals surface area contributed by atoms with Gasteiger partial charge in [0.15, 0.2) is 5.17 Å². The largest absolute Gasteiger partial charge is 0.391 e. The third kappa shape index (κ3) is 3.10. The fourth-order valence-electron chi connectivity index (χ4n) is 2.03. The Labute approximate surface area is 107 Å². The molecule has 0 radical (unpaired) electrons. The Bertz CT molecular complexity index is 349. The van der Waals surface area contributed by atoms with Crippen LogP contribution in [0.2, 0.25) is 0 Å². The number of hydrogen-bond acceptors (Lipinski definition) is 5. The molecule has 1 fully saturated rings. The first-order valence-corrected chi connectivity index (χ1v) is 6.46. The van der Waals surface area contributed by atoms with Gasteiger partial charge < -0.3 is 14.7 Å². The number of hydrogen-bond donors (Lipinski definition) is 1. The zero-order chi connectivity index (χ0) is 13.5. The van der Waals surface area contributed by atoms with Crippen molar-refractivity contribution in [2.24, 2.45) is 4.99 Å². The maximum absolute atomic E-state index is 12.3. The van der Waals surface area contributed by atoms with Crippen LogP contribution in [-0.4, -0.2) is 59.1 Å². The molecule has 104 valence electrons. The molecular weight excluding hydrogens is 269 g/mol. The number of nitrogens with zero attached hydrogens (tertiary/aromatic N) is 2. The highest BCUT2D eigenvalue weighted by atomic mass is 32.2. The zero-order valence-corrected chi connectivity index (χ0v) is 10.8. The molecular formula is C10H15F3N2O2S. The van der Waals surface area contributed by atoms with Crippen LogP contribution in [-0.2, 0) is 4.74 Å². The summed E-state index contributed by atoms with van der Waals surface area (Å²) in [6.45, 7) is 0. The van der Waals surface area contributed by atoms with Gasteiger partial charge in [-0.15, -0.1) is 0 Å². The molecule has 1 saturated heterocycles. The molecule has 2 aliphatic heterocycles. The average Bonchev–Trinajstić information content (AvgIpc) is 2.58. The Morgan fingerprint density at radius 1 is 1.50 bits per heavy atom. The predicted molar refractivity (Wildman–Crippen MR) is 62.5 cm³/mol. The lowest BCUT2D eigenvalue weighted by molar-refractivity contribution is -0.177. The van der Waals surface area contributed by atoms with E-state index in [1.165, 1.54) is 11.8 Å². The van der Waals surface area contributed by atoms with E-state index < -0.39 is 36.3 Å². The monoisotopic (exact) mass is 284 g/mol. The van der Waals surface area contributed by atoms with Crippen molar-refractivity contribution in [1.82, 2.24) is 4.90 Å². The molecule has 0 aromatic rings. The molecule has 0 amide bonds. The summed E-state index contributed by atoms with van der Waals surface area (Å²) < 4.78 is 42.3. The number of aliphatic hydroxyl groups is 1. The van der Waals surface area contributed by atoms with Gasteiger partial charge in [-0.05, 0) is 0 Å². The van der Waals surface area contributed by atoms with Crippen molar-refractivity contribution >= 4 is 16.9 Å². The van der Waals surface area contributed by atoms with Crippen molar-refractivity contribution in [3.63, 3.8) is 0 Å². The Morgan fingerprint density at radius 3 is 2.72 bits per heavy atom. The number of rotatable bonds is 1.